The first-order valence-corrected chi connectivity index (χ1v) is 8.00. The highest BCUT2D eigenvalue weighted by Gasteiger charge is 2.33. The van der Waals surface area contributed by atoms with Crippen LogP contribution in [0.5, 0.6) is 5.75 Å². The van der Waals surface area contributed by atoms with Crippen LogP contribution < -0.4 is 15.4 Å². The summed E-state index contributed by atoms with van der Waals surface area (Å²) in [5.74, 6) is -1.22. The van der Waals surface area contributed by atoms with E-state index in [0.717, 1.165) is 17.0 Å². The molecule has 0 atom stereocenters. The topological polar surface area (TPSA) is 87.7 Å². The Labute approximate surface area is 157 Å². The second kappa shape index (κ2) is 7.22. The zero-order chi connectivity index (χ0) is 20.5. The lowest BCUT2D eigenvalue weighted by Gasteiger charge is -2.10. The summed E-state index contributed by atoms with van der Waals surface area (Å²) in [7, 11) is 1.37. The number of benzene rings is 2. The fraction of sp³-hybridized carbons (Fsp3) is 0.167. The molecule has 2 aromatic carbocycles. The molecule has 2 aromatic rings. The number of carbonyl (C=O) groups excluding carboxylic acids is 3. The maximum Gasteiger partial charge on any atom is 0.573 e. The van der Waals surface area contributed by atoms with Gasteiger partial charge in [0.15, 0.2) is 0 Å². The molecule has 0 spiro atoms. The SMILES string of the molecule is CN1C(=O)c2ccc(NC(=O)NCc3ccc(OC(F)(F)F)cc3)cc2C1=O. The van der Waals surface area contributed by atoms with Crippen LogP contribution in [-0.2, 0) is 6.54 Å². The number of urea groups is 1. The normalized spacial score (nSPS) is 13.4. The number of hydrogen-bond donors (Lipinski definition) is 2. The number of nitrogens with zero attached hydrogens (tertiary/aromatic N) is 1. The molecule has 0 bridgehead atoms. The predicted octanol–water partition coefficient (Wildman–Crippen LogP) is 3.13. The number of carbonyl (C=O) groups is 3. The number of halogens is 3. The number of anilines is 1. The summed E-state index contributed by atoms with van der Waals surface area (Å²) in [5, 5.41) is 5.07. The predicted molar refractivity (Wildman–Crippen MR) is 91.8 cm³/mol. The fourth-order valence-electron chi connectivity index (χ4n) is 2.61. The van der Waals surface area contributed by atoms with E-state index in [4.69, 9.17) is 0 Å². The number of ether oxygens (including phenoxy) is 1. The molecule has 0 radical (unpaired) electrons. The largest absolute Gasteiger partial charge is 0.573 e. The van der Waals surface area contributed by atoms with Crippen LogP contribution in [0.15, 0.2) is 42.5 Å². The summed E-state index contributed by atoms with van der Waals surface area (Å²) in [5.41, 5.74) is 1.34. The molecule has 0 unspecified atom stereocenters. The molecule has 1 aliphatic heterocycles. The minimum Gasteiger partial charge on any atom is -0.406 e. The zero-order valence-corrected chi connectivity index (χ0v) is 14.5. The van der Waals surface area contributed by atoms with Gasteiger partial charge < -0.3 is 15.4 Å². The van der Waals surface area contributed by atoms with Gasteiger partial charge in [-0.1, -0.05) is 12.1 Å². The minimum atomic E-state index is -4.77. The van der Waals surface area contributed by atoms with E-state index in [1.54, 1.807) is 0 Å². The Hall–Kier alpha value is -3.56. The van der Waals surface area contributed by atoms with Crippen molar-refractivity contribution in [3.8, 4) is 5.75 Å². The molecule has 0 saturated carbocycles. The quantitative estimate of drug-likeness (QED) is 0.782. The number of imide groups is 1. The summed E-state index contributed by atoms with van der Waals surface area (Å²) in [6.45, 7) is 0.0588. The van der Waals surface area contributed by atoms with Gasteiger partial charge in [-0.15, -0.1) is 13.2 Å². The Bertz CT molecular complexity index is 942. The first-order valence-electron chi connectivity index (χ1n) is 8.00. The van der Waals surface area contributed by atoms with E-state index in [1.807, 2.05) is 0 Å². The molecule has 0 saturated heterocycles. The monoisotopic (exact) mass is 393 g/mol. The van der Waals surface area contributed by atoms with Crippen molar-refractivity contribution >= 4 is 23.5 Å². The third kappa shape index (κ3) is 4.22. The van der Waals surface area contributed by atoms with Crippen LogP contribution in [0.1, 0.15) is 26.3 Å². The highest BCUT2D eigenvalue weighted by atomic mass is 19.4. The van der Waals surface area contributed by atoms with E-state index >= 15 is 0 Å². The van der Waals surface area contributed by atoms with Gasteiger partial charge in [0.1, 0.15) is 5.75 Å². The maximum absolute atomic E-state index is 12.1. The summed E-state index contributed by atoms with van der Waals surface area (Å²) in [6.07, 6.45) is -4.77. The highest BCUT2D eigenvalue weighted by molar-refractivity contribution is 6.21. The molecule has 3 rings (SSSR count). The van der Waals surface area contributed by atoms with Crippen molar-refractivity contribution in [3.05, 3.63) is 59.2 Å². The third-order valence-electron chi connectivity index (χ3n) is 3.96. The van der Waals surface area contributed by atoms with Crippen LogP contribution in [-0.4, -0.2) is 36.2 Å². The lowest BCUT2D eigenvalue weighted by atomic mass is 10.1. The second-order valence-electron chi connectivity index (χ2n) is 5.93. The molecule has 7 nitrogen and oxygen atoms in total. The van der Waals surface area contributed by atoms with Gasteiger partial charge in [0, 0.05) is 19.3 Å². The summed E-state index contributed by atoms with van der Waals surface area (Å²) >= 11 is 0. The van der Waals surface area contributed by atoms with Crippen molar-refractivity contribution in [1.29, 1.82) is 0 Å². The second-order valence-corrected chi connectivity index (χ2v) is 5.93. The van der Waals surface area contributed by atoms with Gasteiger partial charge in [0.25, 0.3) is 11.8 Å². The van der Waals surface area contributed by atoms with Gasteiger partial charge in [0.2, 0.25) is 0 Å². The van der Waals surface area contributed by atoms with Crippen molar-refractivity contribution in [2.24, 2.45) is 0 Å². The highest BCUT2D eigenvalue weighted by Crippen LogP contribution is 2.25. The van der Waals surface area contributed by atoms with Crippen molar-refractivity contribution in [2.45, 2.75) is 12.9 Å². The van der Waals surface area contributed by atoms with Crippen molar-refractivity contribution in [1.82, 2.24) is 10.2 Å². The van der Waals surface area contributed by atoms with E-state index in [2.05, 4.69) is 15.4 Å². The molecule has 28 heavy (non-hydrogen) atoms. The number of hydrogen-bond acceptors (Lipinski definition) is 4. The Kier molecular flexibility index (Phi) is 4.95. The van der Waals surface area contributed by atoms with Crippen molar-refractivity contribution < 1.29 is 32.3 Å². The Morgan fingerprint density at radius 2 is 1.68 bits per heavy atom. The summed E-state index contributed by atoms with van der Waals surface area (Å²) < 4.78 is 40.1. The van der Waals surface area contributed by atoms with E-state index in [0.29, 0.717) is 11.3 Å². The molecular weight excluding hydrogens is 379 g/mol. The lowest BCUT2D eigenvalue weighted by Crippen LogP contribution is -2.28. The van der Waals surface area contributed by atoms with Gasteiger partial charge >= 0.3 is 12.4 Å². The number of rotatable bonds is 4. The van der Waals surface area contributed by atoms with Gasteiger partial charge in [-0.2, -0.15) is 0 Å². The van der Waals surface area contributed by atoms with Crippen LogP contribution in [0.3, 0.4) is 0 Å². The smallest absolute Gasteiger partial charge is 0.406 e. The first kappa shape index (κ1) is 19.2. The molecule has 4 amide bonds. The molecule has 1 aliphatic rings. The van der Waals surface area contributed by atoms with Gasteiger partial charge in [-0.3, -0.25) is 14.5 Å². The van der Waals surface area contributed by atoms with Crippen LogP contribution in [0.25, 0.3) is 0 Å². The Balaban J connectivity index is 1.57. The molecule has 1 heterocycles. The Morgan fingerprint density at radius 3 is 2.32 bits per heavy atom. The van der Waals surface area contributed by atoms with E-state index < -0.39 is 24.2 Å². The molecule has 2 N–H and O–H groups in total. The average molecular weight is 393 g/mol. The standard InChI is InChI=1S/C18H14F3N3O4/c1-24-15(25)13-7-4-11(8-14(13)16(24)26)23-17(27)22-9-10-2-5-12(6-3-10)28-18(19,20)21/h2-8H,9H2,1H3,(H2,22,23,27). The van der Waals surface area contributed by atoms with Crippen LogP contribution in [0, 0.1) is 0 Å². The molecule has 0 aliphatic carbocycles. The fourth-order valence-corrected chi connectivity index (χ4v) is 2.61. The zero-order valence-electron chi connectivity index (χ0n) is 14.5. The summed E-state index contributed by atoms with van der Waals surface area (Å²) in [4.78, 5) is 36.8. The van der Waals surface area contributed by atoms with Crippen molar-refractivity contribution in [2.75, 3.05) is 12.4 Å². The third-order valence-corrected chi connectivity index (χ3v) is 3.96. The van der Waals surface area contributed by atoms with Crippen LogP contribution >= 0.6 is 0 Å². The molecule has 146 valence electrons. The molecular formula is C18H14F3N3O4. The van der Waals surface area contributed by atoms with E-state index in [1.165, 1.54) is 37.4 Å². The Morgan fingerprint density at radius 1 is 1.04 bits per heavy atom. The lowest BCUT2D eigenvalue weighted by molar-refractivity contribution is -0.274. The van der Waals surface area contributed by atoms with Gasteiger partial charge in [-0.05, 0) is 35.9 Å². The number of nitrogens with one attached hydrogen (secondary N) is 2. The minimum absolute atomic E-state index is 0.0588. The first-order chi connectivity index (χ1) is 13.1. The average Bonchev–Trinajstić information content (AvgIpc) is 2.84. The number of fused-ring (bicyclic) bond motifs is 1. The van der Waals surface area contributed by atoms with E-state index in [-0.39, 0.29) is 23.4 Å². The van der Waals surface area contributed by atoms with Crippen LogP contribution in [0.2, 0.25) is 0 Å². The van der Waals surface area contributed by atoms with Gasteiger partial charge in [-0.25, -0.2) is 4.79 Å². The van der Waals surface area contributed by atoms with Gasteiger partial charge in [0.05, 0.1) is 11.1 Å². The number of amides is 4. The molecule has 0 aromatic heterocycles. The maximum atomic E-state index is 12.1. The molecule has 10 heteroatoms. The number of alkyl halides is 3. The van der Waals surface area contributed by atoms with Crippen LogP contribution in [0.4, 0.5) is 23.7 Å². The summed E-state index contributed by atoms with van der Waals surface area (Å²) in [6, 6.07) is 8.82. The van der Waals surface area contributed by atoms with E-state index in [9.17, 15) is 27.6 Å². The van der Waals surface area contributed by atoms with Crippen molar-refractivity contribution in [3.63, 3.8) is 0 Å². The molecule has 0 fully saturated rings.